The molecule has 2 bridgehead atoms. The first kappa shape index (κ1) is 21.5. The van der Waals surface area contributed by atoms with Crippen LogP contribution in [0, 0.1) is 48.3 Å². The van der Waals surface area contributed by atoms with Crippen LogP contribution in [-0.2, 0) is 19.2 Å². The van der Waals surface area contributed by atoms with Gasteiger partial charge >= 0.3 is 5.97 Å². The second-order valence-corrected chi connectivity index (χ2v) is 10.8. The first-order valence-corrected chi connectivity index (χ1v) is 12.7. The van der Waals surface area contributed by atoms with Crippen LogP contribution in [0.3, 0.4) is 0 Å². The van der Waals surface area contributed by atoms with Crippen molar-refractivity contribution in [3.8, 4) is 5.75 Å². The molecular weight excluding hydrogens is 456 g/mol. The van der Waals surface area contributed by atoms with Crippen molar-refractivity contribution in [2.45, 2.75) is 19.8 Å². The quantitative estimate of drug-likeness (QED) is 0.288. The minimum absolute atomic E-state index is 0.0999. The SMILES string of the molecule is Cc1ccc(N2C[C@@H](C(=O)Oc3ccc(N4C(=O)[C@H]5[C@@H]6C=C[C@H]([C@@H]7C[C@H]67)[C@@H]5C4=O)cc3)CC2=O)cc1. The summed E-state index contributed by atoms with van der Waals surface area (Å²) < 4.78 is 5.56. The molecular formula is C29H26N2O5. The molecule has 7 nitrogen and oxygen atoms in total. The van der Waals surface area contributed by atoms with Crippen LogP contribution in [-0.4, -0.2) is 30.2 Å². The Bertz CT molecular complexity index is 1290. The molecule has 3 amide bonds. The molecule has 6 aliphatic rings. The van der Waals surface area contributed by atoms with Crippen molar-refractivity contribution in [2.75, 3.05) is 16.3 Å². The zero-order valence-corrected chi connectivity index (χ0v) is 19.9. The number of ether oxygens (including phenoxy) is 1. The lowest BCUT2D eigenvalue weighted by Crippen LogP contribution is -2.40. The number of hydrogen-bond acceptors (Lipinski definition) is 5. The van der Waals surface area contributed by atoms with E-state index in [0.29, 0.717) is 23.3 Å². The molecule has 0 aromatic heterocycles. The maximum Gasteiger partial charge on any atom is 0.316 e. The Kier molecular flexibility index (Phi) is 4.56. The number of carbonyl (C=O) groups excluding carboxylic acids is 4. The van der Waals surface area contributed by atoms with E-state index in [-0.39, 0.29) is 54.4 Å². The van der Waals surface area contributed by atoms with Gasteiger partial charge in [0.1, 0.15) is 5.75 Å². The third-order valence-electron chi connectivity index (χ3n) is 8.78. The van der Waals surface area contributed by atoms with Crippen LogP contribution < -0.4 is 14.5 Å². The van der Waals surface area contributed by atoms with Crippen molar-refractivity contribution in [1.29, 1.82) is 0 Å². The molecule has 0 radical (unpaired) electrons. The molecule has 0 spiro atoms. The van der Waals surface area contributed by atoms with Crippen molar-refractivity contribution in [1.82, 2.24) is 0 Å². The van der Waals surface area contributed by atoms with Gasteiger partial charge < -0.3 is 9.64 Å². The molecule has 2 aromatic rings. The number of hydrogen-bond donors (Lipinski definition) is 0. The normalized spacial score (nSPS) is 33.7. The van der Waals surface area contributed by atoms with Gasteiger partial charge in [0.25, 0.3) is 0 Å². The van der Waals surface area contributed by atoms with Gasteiger partial charge in [0.15, 0.2) is 0 Å². The molecule has 7 atom stereocenters. The summed E-state index contributed by atoms with van der Waals surface area (Å²) in [6.45, 7) is 2.25. The maximum absolute atomic E-state index is 13.3. The molecule has 2 aromatic carbocycles. The Labute approximate surface area is 208 Å². The van der Waals surface area contributed by atoms with E-state index in [1.54, 1.807) is 29.2 Å². The van der Waals surface area contributed by atoms with Crippen LogP contribution in [0.5, 0.6) is 5.75 Å². The first-order chi connectivity index (χ1) is 17.4. The molecule has 4 fully saturated rings. The lowest BCUT2D eigenvalue weighted by molar-refractivity contribution is -0.139. The topological polar surface area (TPSA) is 84.0 Å². The van der Waals surface area contributed by atoms with Crippen molar-refractivity contribution in [2.24, 2.45) is 41.4 Å². The van der Waals surface area contributed by atoms with E-state index >= 15 is 0 Å². The molecule has 8 rings (SSSR count). The number of rotatable bonds is 4. The van der Waals surface area contributed by atoms with Crippen LogP contribution in [0.2, 0.25) is 0 Å². The van der Waals surface area contributed by atoms with Crippen LogP contribution in [0.4, 0.5) is 11.4 Å². The third-order valence-corrected chi connectivity index (χ3v) is 8.78. The van der Waals surface area contributed by atoms with Crippen molar-refractivity contribution in [3.05, 3.63) is 66.2 Å². The highest BCUT2D eigenvalue weighted by Crippen LogP contribution is 2.65. The summed E-state index contributed by atoms with van der Waals surface area (Å²) in [7, 11) is 0. The Balaban J connectivity index is 1.03. The molecule has 4 aliphatic carbocycles. The van der Waals surface area contributed by atoms with Crippen molar-refractivity contribution in [3.63, 3.8) is 0 Å². The van der Waals surface area contributed by atoms with E-state index < -0.39 is 11.9 Å². The van der Waals surface area contributed by atoms with Gasteiger partial charge in [-0.3, -0.25) is 24.1 Å². The van der Waals surface area contributed by atoms with Crippen LogP contribution >= 0.6 is 0 Å². The number of nitrogens with zero attached hydrogens (tertiary/aromatic N) is 2. The predicted molar refractivity (Wildman–Crippen MR) is 131 cm³/mol. The summed E-state index contributed by atoms with van der Waals surface area (Å²) in [5.74, 6) is -0.0387. The van der Waals surface area contributed by atoms with Crippen molar-refractivity contribution >= 4 is 35.1 Å². The zero-order chi connectivity index (χ0) is 24.7. The van der Waals surface area contributed by atoms with E-state index in [1.807, 2.05) is 31.2 Å². The molecule has 0 unspecified atom stereocenters. The lowest BCUT2D eigenvalue weighted by Gasteiger charge is -2.37. The van der Waals surface area contributed by atoms with E-state index in [0.717, 1.165) is 17.7 Å². The molecule has 182 valence electrons. The summed E-state index contributed by atoms with van der Waals surface area (Å²) in [5.41, 5.74) is 2.38. The Hall–Kier alpha value is -3.74. The molecule has 7 heteroatoms. The summed E-state index contributed by atoms with van der Waals surface area (Å²) in [6, 6.07) is 14.1. The number of amides is 3. The highest BCUT2D eigenvalue weighted by molar-refractivity contribution is 6.22. The zero-order valence-electron chi connectivity index (χ0n) is 19.9. The van der Waals surface area contributed by atoms with Gasteiger partial charge in [-0.25, -0.2) is 0 Å². The highest BCUT2D eigenvalue weighted by Gasteiger charge is 2.67. The number of esters is 1. The Morgan fingerprint density at radius 1 is 0.833 bits per heavy atom. The van der Waals surface area contributed by atoms with Gasteiger partial charge in [-0.05, 0) is 73.4 Å². The average molecular weight is 483 g/mol. The van der Waals surface area contributed by atoms with Gasteiger partial charge in [-0.2, -0.15) is 0 Å². The maximum atomic E-state index is 13.3. The lowest BCUT2D eigenvalue weighted by atomic mass is 9.63. The highest BCUT2D eigenvalue weighted by atomic mass is 16.5. The molecule has 36 heavy (non-hydrogen) atoms. The van der Waals surface area contributed by atoms with Crippen molar-refractivity contribution < 1.29 is 23.9 Å². The minimum atomic E-state index is -0.558. The Morgan fingerprint density at radius 3 is 2.03 bits per heavy atom. The van der Waals surface area contributed by atoms with Gasteiger partial charge in [-0.15, -0.1) is 0 Å². The summed E-state index contributed by atoms with van der Waals surface area (Å²) in [4.78, 5) is 54.8. The second kappa shape index (κ2) is 7.63. The van der Waals surface area contributed by atoms with Crippen LogP contribution in [0.15, 0.2) is 60.7 Å². The molecule has 2 aliphatic heterocycles. The number of allylic oxidation sites excluding steroid dienone is 2. The first-order valence-electron chi connectivity index (χ1n) is 12.7. The third kappa shape index (κ3) is 3.11. The smallest absolute Gasteiger partial charge is 0.316 e. The van der Waals surface area contributed by atoms with E-state index in [9.17, 15) is 19.2 Å². The standard InChI is InChI=1S/C29H26N2O5/c1-15-2-4-17(5-3-15)30-14-16(12-24(30)32)29(35)36-19-8-6-18(7-9-19)31-27(33)25-20-10-11-21(23-13-22(20)23)26(25)28(31)34/h2-11,16,20-23,25-26H,12-14H2,1H3/t16-,20+,21+,22-,23+,25-,26-/m0/s1. The Morgan fingerprint density at radius 2 is 1.42 bits per heavy atom. The summed E-state index contributed by atoms with van der Waals surface area (Å²) in [6.07, 6.45) is 5.55. The predicted octanol–water partition coefficient (Wildman–Crippen LogP) is 3.51. The summed E-state index contributed by atoms with van der Waals surface area (Å²) >= 11 is 0. The van der Waals surface area contributed by atoms with Gasteiger partial charge in [-0.1, -0.05) is 29.8 Å². The molecule has 2 heterocycles. The number of aryl methyl sites for hydroxylation is 1. The van der Waals surface area contributed by atoms with Gasteiger partial charge in [0.2, 0.25) is 17.7 Å². The number of benzene rings is 2. The second-order valence-electron chi connectivity index (χ2n) is 10.8. The fraction of sp³-hybridized carbons (Fsp3) is 0.379. The number of anilines is 2. The van der Waals surface area contributed by atoms with Crippen LogP contribution in [0.25, 0.3) is 0 Å². The molecule has 2 saturated carbocycles. The number of imide groups is 1. The van der Waals surface area contributed by atoms with E-state index in [1.165, 1.54) is 4.90 Å². The van der Waals surface area contributed by atoms with Gasteiger partial charge in [0.05, 0.1) is 23.4 Å². The fourth-order valence-electron chi connectivity index (χ4n) is 6.91. The molecule has 0 N–H and O–H groups in total. The van der Waals surface area contributed by atoms with E-state index in [2.05, 4.69) is 12.2 Å². The van der Waals surface area contributed by atoms with E-state index in [4.69, 9.17) is 4.74 Å². The summed E-state index contributed by atoms with van der Waals surface area (Å²) in [5, 5.41) is 0. The monoisotopic (exact) mass is 482 g/mol. The van der Waals surface area contributed by atoms with Gasteiger partial charge in [0, 0.05) is 18.7 Å². The minimum Gasteiger partial charge on any atom is -0.426 e. The fourth-order valence-corrected chi connectivity index (χ4v) is 6.91. The van der Waals surface area contributed by atoms with Crippen LogP contribution in [0.1, 0.15) is 18.4 Å². The number of carbonyl (C=O) groups is 4. The molecule has 2 saturated heterocycles. The largest absolute Gasteiger partial charge is 0.426 e. The average Bonchev–Trinajstić information content (AvgIpc) is 3.56.